The lowest BCUT2D eigenvalue weighted by molar-refractivity contribution is 0.528. The van der Waals surface area contributed by atoms with Gasteiger partial charge in [-0.05, 0) is 32.8 Å². The Morgan fingerprint density at radius 2 is 2.20 bits per heavy atom. The largest absolute Gasteiger partial charge is 0.324 e. The molecular weight excluding hydrogens is 272 g/mol. The molecule has 2 heterocycles. The van der Waals surface area contributed by atoms with Crippen LogP contribution in [0.3, 0.4) is 0 Å². The van der Waals surface area contributed by atoms with Gasteiger partial charge in [0.15, 0.2) is 5.16 Å². The molecule has 0 unspecified atom stereocenters. The van der Waals surface area contributed by atoms with Crippen molar-refractivity contribution >= 4 is 11.8 Å². The highest BCUT2D eigenvalue weighted by molar-refractivity contribution is 7.98. The van der Waals surface area contributed by atoms with Crippen molar-refractivity contribution in [3.63, 3.8) is 0 Å². The van der Waals surface area contributed by atoms with Crippen molar-refractivity contribution in [2.45, 2.75) is 56.2 Å². The molecule has 0 aliphatic heterocycles. The molecular formula is C13H20N6S. The Morgan fingerprint density at radius 3 is 2.80 bits per heavy atom. The molecule has 0 radical (unpaired) electrons. The number of rotatable bonds is 6. The lowest BCUT2D eigenvalue weighted by Gasteiger charge is -2.06. The molecule has 1 aliphatic rings. The van der Waals surface area contributed by atoms with Crippen LogP contribution in [0.5, 0.6) is 0 Å². The maximum absolute atomic E-state index is 5.73. The predicted molar refractivity (Wildman–Crippen MR) is 78.4 cm³/mol. The Morgan fingerprint density at radius 1 is 1.40 bits per heavy atom. The number of nitrogens with zero attached hydrogens (tertiary/aromatic N) is 5. The number of hydrogen-bond acceptors (Lipinski definition) is 5. The van der Waals surface area contributed by atoms with E-state index < -0.39 is 0 Å². The first-order chi connectivity index (χ1) is 9.69. The fraction of sp³-hybridized carbons (Fsp3) is 0.615. The van der Waals surface area contributed by atoms with E-state index in [1.165, 1.54) is 12.8 Å². The standard InChI is InChI=1S/C13H20N6S/c1-9(2)18-6-5-10(17-18)8-20-13-16-15-12(7-14)19(13)11-3-4-11/h5-6,9,11H,3-4,7-8,14H2,1-2H3. The van der Waals surface area contributed by atoms with E-state index in [1.54, 1.807) is 11.8 Å². The molecule has 108 valence electrons. The van der Waals surface area contributed by atoms with Crippen molar-refractivity contribution in [2.24, 2.45) is 5.73 Å². The molecule has 0 spiro atoms. The van der Waals surface area contributed by atoms with E-state index in [0.717, 1.165) is 22.4 Å². The molecule has 20 heavy (non-hydrogen) atoms. The van der Waals surface area contributed by atoms with Crippen LogP contribution in [0.25, 0.3) is 0 Å². The average molecular weight is 292 g/mol. The zero-order chi connectivity index (χ0) is 14.1. The van der Waals surface area contributed by atoms with Crippen LogP contribution in [0.2, 0.25) is 0 Å². The predicted octanol–water partition coefficient (Wildman–Crippen LogP) is 2.14. The minimum Gasteiger partial charge on any atom is -0.324 e. The summed E-state index contributed by atoms with van der Waals surface area (Å²) in [6, 6.07) is 3.02. The van der Waals surface area contributed by atoms with E-state index in [-0.39, 0.29) is 0 Å². The summed E-state index contributed by atoms with van der Waals surface area (Å²) in [7, 11) is 0. The van der Waals surface area contributed by atoms with Gasteiger partial charge in [-0.25, -0.2) is 0 Å². The lowest BCUT2D eigenvalue weighted by atomic mass is 10.4. The van der Waals surface area contributed by atoms with Crippen LogP contribution in [0.1, 0.15) is 50.3 Å². The van der Waals surface area contributed by atoms with Gasteiger partial charge in [0.05, 0.1) is 12.2 Å². The molecule has 0 saturated heterocycles. The van der Waals surface area contributed by atoms with Crippen molar-refractivity contribution in [3.8, 4) is 0 Å². The summed E-state index contributed by atoms with van der Waals surface area (Å²) in [6.07, 6.45) is 4.44. The van der Waals surface area contributed by atoms with E-state index in [2.05, 4.69) is 39.8 Å². The van der Waals surface area contributed by atoms with Crippen LogP contribution in [0, 0.1) is 0 Å². The molecule has 1 saturated carbocycles. The van der Waals surface area contributed by atoms with Gasteiger partial charge in [0, 0.05) is 24.0 Å². The average Bonchev–Trinajstić information content (AvgIpc) is 3.02. The Hall–Kier alpha value is -1.34. The third-order valence-electron chi connectivity index (χ3n) is 3.37. The minimum absolute atomic E-state index is 0.396. The highest BCUT2D eigenvalue weighted by Gasteiger charge is 2.29. The van der Waals surface area contributed by atoms with Gasteiger partial charge >= 0.3 is 0 Å². The zero-order valence-corrected chi connectivity index (χ0v) is 12.7. The maximum atomic E-state index is 5.73. The molecule has 0 amide bonds. The number of nitrogens with two attached hydrogens (primary N) is 1. The molecule has 2 aromatic rings. The molecule has 1 fully saturated rings. The van der Waals surface area contributed by atoms with Crippen LogP contribution in [-0.2, 0) is 12.3 Å². The van der Waals surface area contributed by atoms with E-state index in [1.807, 2.05) is 10.9 Å². The number of thioether (sulfide) groups is 1. The van der Waals surface area contributed by atoms with E-state index in [0.29, 0.717) is 18.6 Å². The number of aromatic nitrogens is 5. The van der Waals surface area contributed by atoms with Crippen molar-refractivity contribution in [1.82, 2.24) is 24.5 Å². The highest BCUT2D eigenvalue weighted by atomic mass is 32.2. The normalized spacial score (nSPS) is 15.2. The molecule has 0 atom stereocenters. The smallest absolute Gasteiger partial charge is 0.191 e. The van der Waals surface area contributed by atoms with Crippen LogP contribution < -0.4 is 5.73 Å². The van der Waals surface area contributed by atoms with Crippen LogP contribution >= 0.6 is 11.8 Å². The van der Waals surface area contributed by atoms with Crippen molar-refractivity contribution in [1.29, 1.82) is 0 Å². The Balaban J connectivity index is 1.70. The summed E-state index contributed by atoms with van der Waals surface area (Å²) >= 11 is 1.69. The molecule has 2 aromatic heterocycles. The van der Waals surface area contributed by atoms with Gasteiger partial charge < -0.3 is 10.3 Å². The quantitative estimate of drug-likeness (QED) is 0.826. The second-order valence-electron chi connectivity index (χ2n) is 5.37. The summed E-state index contributed by atoms with van der Waals surface area (Å²) in [5, 5.41) is 14.0. The van der Waals surface area contributed by atoms with Crippen LogP contribution in [0.4, 0.5) is 0 Å². The van der Waals surface area contributed by atoms with Gasteiger partial charge in [-0.3, -0.25) is 4.68 Å². The molecule has 1 aliphatic carbocycles. The van der Waals surface area contributed by atoms with Crippen LogP contribution in [0.15, 0.2) is 17.4 Å². The van der Waals surface area contributed by atoms with Gasteiger partial charge in [0.2, 0.25) is 0 Å². The van der Waals surface area contributed by atoms with Crippen LogP contribution in [-0.4, -0.2) is 24.5 Å². The molecule has 0 aromatic carbocycles. The van der Waals surface area contributed by atoms with Crippen molar-refractivity contribution in [3.05, 3.63) is 23.8 Å². The number of hydrogen-bond donors (Lipinski definition) is 1. The van der Waals surface area contributed by atoms with E-state index >= 15 is 0 Å². The van der Waals surface area contributed by atoms with E-state index in [4.69, 9.17) is 5.73 Å². The van der Waals surface area contributed by atoms with Gasteiger partial charge in [0.1, 0.15) is 5.82 Å². The molecule has 0 bridgehead atoms. The molecule has 7 heteroatoms. The monoisotopic (exact) mass is 292 g/mol. The fourth-order valence-electron chi connectivity index (χ4n) is 2.12. The molecule has 2 N–H and O–H groups in total. The minimum atomic E-state index is 0.396. The second-order valence-corrected chi connectivity index (χ2v) is 6.32. The first-order valence-electron chi connectivity index (χ1n) is 6.99. The summed E-state index contributed by atoms with van der Waals surface area (Å²) in [6.45, 7) is 4.70. The van der Waals surface area contributed by atoms with Gasteiger partial charge in [0.25, 0.3) is 0 Å². The summed E-state index contributed by atoms with van der Waals surface area (Å²) < 4.78 is 4.18. The lowest BCUT2D eigenvalue weighted by Crippen LogP contribution is -2.08. The summed E-state index contributed by atoms with van der Waals surface area (Å²) in [4.78, 5) is 0. The fourth-order valence-corrected chi connectivity index (χ4v) is 3.05. The maximum Gasteiger partial charge on any atom is 0.191 e. The Bertz CT molecular complexity index is 583. The van der Waals surface area contributed by atoms with E-state index in [9.17, 15) is 0 Å². The second kappa shape index (κ2) is 5.57. The topological polar surface area (TPSA) is 74.6 Å². The first kappa shape index (κ1) is 13.6. The van der Waals surface area contributed by atoms with Gasteiger partial charge in [-0.1, -0.05) is 11.8 Å². The SMILES string of the molecule is CC(C)n1ccc(CSc2nnc(CN)n2C2CC2)n1. The Kier molecular flexibility index (Phi) is 3.80. The summed E-state index contributed by atoms with van der Waals surface area (Å²) in [5.41, 5.74) is 6.80. The molecule has 6 nitrogen and oxygen atoms in total. The third-order valence-corrected chi connectivity index (χ3v) is 4.35. The van der Waals surface area contributed by atoms with Gasteiger partial charge in [-0.15, -0.1) is 10.2 Å². The molecule has 3 rings (SSSR count). The third kappa shape index (κ3) is 2.73. The van der Waals surface area contributed by atoms with Crippen molar-refractivity contribution in [2.75, 3.05) is 0 Å². The van der Waals surface area contributed by atoms with Gasteiger partial charge in [-0.2, -0.15) is 5.10 Å². The van der Waals surface area contributed by atoms with Crippen molar-refractivity contribution < 1.29 is 0 Å². The Labute approximate surface area is 122 Å². The summed E-state index contributed by atoms with van der Waals surface area (Å²) in [5.74, 6) is 1.71. The zero-order valence-electron chi connectivity index (χ0n) is 11.9. The highest BCUT2D eigenvalue weighted by Crippen LogP contribution is 2.39. The first-order valence-corrected chi connectivity index (χ1v) is 7.98.